The third-order valence-corrected chi connectivity index (χ3v) is 4.58. The van der Waals surface area contributed by atoms with Gasteiger partial charge in [-0.15, -0.1) is 0 Å². The molecule has 7 heteroatoms. The molecule has 2 heterocycles. The van der Waals surface area contributed by atoms with Crippen molar-refractivity contribution in [3.8, 4) is 11.5 Å². The lowest BCUT2D eigenvalue weighted by molar-refractivity contribution is 0.236. The Labute approximate surface area is 168 Å². The molecule has 4 aromatic rings. The summed E-state index contributed by atoms with van der Waals surface area (Å²) in [6.07, 6.45) is 1.91. The SMILES string of the molecule is Cn1cccc1-c1noc(CNC(=O)NC(c2ccccc2)c2ccccc2)n1. The molecule has 0 spiro atoms. The minimum atomic E-state index is -0.318. The van der Waals surface area contributed by atoms with Crippen molar-refractivity contribution in [3.63, 3.8) is 0 Å². The molecule has 0 radical (unpaired) electrons. The number of nitrogens with one attached hydrogen (secondary N) is 2. The van der Waals surface area contributed by atoms with Gasteiger partial charge in [-0.25, -0.2) is 4.79 Å². The molecule has 0 aliphatic carbocycles. The van der Waals surface area contributed by atoms with Crippen LogP contribution in [-0.4, -0.2) is 20.7 Å². The predicted molar refractivity (Wildman–Crippen MR) is 109 cm³/mol. The molecule has 4 rings (SSSR count). The molecule has 0 saturated heterocycles. The lowest BCUT2D eigenvalue weighted by atomic mass is 9.99. The molecule has 2 aromatic heterocycles. The van der Waals surface area contributed by atoms with E-state index in [1.165, 1.54) is 0 Å². The van der Waals surface area contributed by atoms with Crippen LogP contribution < -0.4 is 10.6 Å². The van der Waals surface area contributed by atoms with Crippen molar-refractivity contribution in [2.45, 2.75) is 12.6 Å². The number of carbonyl (C=O) groups excluding carboxylic acids is 1. The molecule has 7 nitrogen and oxygen atoms in total. The number of aryl methyl sites for hydroxylation is 1. The minimum Gasteiger partial charge on any atom is -0.348 e. The van der Waals surface area contributed by atoms with Gasteiger partial charge in [0, 0.05) is 13.2 Å². The maximum Gasteiger partial charge on any atom is 0.315 e. The first-order chi connectivity index (χ1) is 14.2. The molecule has 0 aliphatic heterocycles. The third-order valence-electron chi connectivity index (χ3n) is 4.58. The molecular formula is C22H21N5O2. The van der Waals surface area contributed by atoms with Crippen LogP contribution in [0.2, 0.25) is 0 Å². The monoisotopic (exact) mass is 387 g/mol. The van der Waals surface area contributed by atoms with Gasteiger partial charge < -0.3 is 19.7 Å². The summed E-state index contributed by atoms with van der Waals surface area (Å²) in [4.78, 5) is 16.9. The van der Waals surface area contributed by atoms with Crippen LogP contribution in [0, 0.1) is 0 Å². The first-order valence-corrected chi connectivity index (χ1v) is 9.29. The Bertz CT molecular complexity index is 1030. The maximum atomic E-state index is 12.5. The number of rotatable bonds is 6. The normalized spacial score (nSPS) is 10.8. The molecule has 0 fully saturated rings. The molecule has 146 valence electrons. The van der Waals surface area contributed by atoms with Gasteiger partial charge in [0.1, 0.15) is 0 Å². The van der Waals surface area contributed by atoms with Gasteiger partial charge in [-0.3, -0.25) is 0 Å². The van der Waals surface area contributed by atoms with Gasteiger partial charge in [-0.1, -0.05) is 65.8 Å². The van der Waals surface area contributed by atoms with Crippen molar-refractivity contribution >= 4 is 6.03 Å². The van der Waals surface area contributed by atoms with Gasteiger partial charge in [0.05, 0.1) is 18.3 Å². The van der Waals surface area contributed by atoms with Crippen molar-refractivity contribution in [2.75, 3.05) is 0 Å². The van der Waals surface area contributed by atoms with E-state index in [9.17, 15) is 4.79 Å². The Morgan fingerprint density at radius 2 is 1.66 bits per heavy atom. The summed E-state index contributed by atoms with van der Waals surface area (Å²) in [6, 6.07) is 22.9. The van der Waals surface area contributed by atoms with E-state index in [4.69, 9.17) is 4.52 Å². The van der Waals surface area contributed by atoms with Gasteiger partial charge in [-0.2, -0.15) is 4.98 Å². The van der Waals surface area contributed by atoms with E-state index < -0.39 is 0 Å². The summed E-state index contributed by atoms with van der Waals surface area (Å²) in [6.45, 7) is 0.138. The molecule has 2 aromatic carbocycles. The Balaban J connectivity index is 1.43. The van der Waals surface area contributed by atoms with Crippen molar-refractivity contribution in [1.82, 2.24) is 25.3 Å². The second kappa shape index (κ2) is 8.43. The molecule has 2 N–H and O–H groups in total. The summed E-state index contributed by atoms with van der Waals surface area (Å²) < 4.78 is 7.15. The van der Waals surface area contributed by atoms with Crippen LogP contribution in [-0.2, 0) is 13.6 Å². The average Bonchev–Trinajstić information content (AvgIpc) is 3.40. The molecule has 2 amide bonds. The third kappa shape index (κ3) is 4.35. The van der Waals surface area contributed by atoms with E-state index in [1.54, 1.807) is 0 Å². The molecule has 0 aliphatic rings. The summed E-state index contributed by atoms with van der Waals surface area (Å²) in [5.74, 6) is 0.827. The van der Waals surface area contributed by atoms with Gasteiger partial charge >= 0.3 is 6.03 Å². The number of benzene rings is 2. The second-order valence-electron chi connectivity index (χ2n) is 6.60. The zero-order valence-electron chi connectivity index (χ0n) is 15.9. The summed E-state index contributed by atoms with van der Waals surface area (Å²) in [5.41, 5.74) is 2.84. The van der Waals surface area contributed by atoms with Crippen LogP contribution in [0.1, 0.15) is 23.1 Å². The molecule has 0 saturated carbocycles. The van der Waals surface area contributed by atoms with Crippen molar-refractivity contribution in [1.29, 1.82) is 0 Å². The van der Waals surface area contributed by atoms with E-state index in [0.717, 1.165) is 16.8 Å². The standard InChI is InChI=1S/C22H21N5O2/c1-27-14-8-13-18(27)21-24-19(29-26-21)15-23-22(28)25-20(16-9-4-2-5-10-16)17-11-6-3-7-12-17/h2-14,20H,15H2,1H3,(H2,23,25,28). The molecule has 0 atom stereocenters. The zero-order valence-corrected chi connectivity index (χ0v) is 15.9. The lowest BCUT2D eigenvalue weighted by Crippen LogP contribution is -2.38. The number of urea groups is 1. The fourth-order valence-corrected chi connectivity index (χ4v) is 3.11. The number of hydrogen-bond acceptors (Lipinski definition) is 4. The summed E-state index contributed by atoms with van der Waals surface area (Å²) in [5, 5.41) is 9.78. The van der Waals surface area contributed by atoms with Gasteiger partial charge in [0.2, 0.25) is 11.7 Å². The molecule has 0 bridgehead atoms. The van der Waals surface area contributed by atoms with Gasteiger partial charge in [0.15, 0.2) is 0 Å². The highest BCUT2D eigenvalue weighted by molar-refractivity contribution is 5.75. The first-order valence-electron chi connectivity index (χ1n) is 9.29. The van der Waals surface area contributed by atoms with E-state index in [1.807, 2.05) is 90.6 Å². The highest BCUT2D eigenvalue weighted by Gasteiger charge is 2.17. The lowest BCUT2D eigenvalue weighted by Gasteiger charge is -2.20. The highest BCUT2D eigenvalue weighted by Crippen LogP contribution is 2.21. The topological polar surface area (TPSA) is 85.0 Å². The fraction of sp³-hybridized carbons (Fsp3) is 0.136. The highest BCUT2D eigenvalue weighted by atomic mass is 16.5. The summed E-state index contributed by atoms with van der Waals surface area (Å²) in [7, 11) is 1.91. The number of hydrogen-bond donors (Lipinski definition) is 2. The summed E-state index contributed by atoms with van der Waals surface area (Å²) >= 11 is 0. The van der Waals surface area contributed by atoms with Crippen molar-refractivity contribution in [3.05, 3.63) is 96.0 Å². The Kier molecular flexibility index (Phi) is 5.38. The largest absolute Gasteiger partial charge is 0.348 e. The van der Waals surface area contributed by atoms with Crippen LogP contribution >= 0.6 is 0 Å². The van der Waals surface area contributed by atoms with E-state index in [2.05, 4.69) is 20.8 Å². The van der Waals surface area contributed by atoms with Crippen LogP contribution in [0.25, 0.3) is 11.5 Å². The van der Waals surface area contributed by atoms with Gasteiger partial charge in [-0.05, 0) is 23.3 Å². The van der Waals surface area contributed by atoms with Crippen LogP contribution in [0.15, 0.2) is 83.5 Å². The van der Waals surface area contributed by atoms with Crippen molar-refractivity contribution < 1.29 is 9.32 Å². The molecular weight excluding hydrogens is 366 g/mol. The van der Waals surface area contributed by atoms with Crippen LogP contribution in [0.3, 0.4) is 0 Å². The van der Waals surface area contributed by atoms with E-state index in [-0.39, 0.29) is 18.6 Å². The molecule has 29 heavy (non-hydrogen) atoms. The van der Waals surface area contributed by atoms with E-state index >= 15 is 0 Å². The zero-order chi connectivity index (χ0) is 20.1. The Morgan fingerprint density at radius 3 is 2.24 bits per heavy atom. The Hall–Kier alpha value is -3.87. The number of amides is 2. The number of carbonyl (C=O) groups is 1. The average molecular weight is 387 g/mol. The van der Waals surface area contributed by atoms with Crippen molar-refractivity contribution in [2.24, 2.45) is 7.05 Å². The maximum absolute atomic E-state index is 12.5. The van der Waals surface area contributed by atoms with Gasteiger partial charge in [0.25, 0.3) is 0 Å². The fourth-order valence-electron chi connectivity index (χ4n) is 3.11. The van der Waals surface area contributed by atoms with E-state index in [0.29, 0.717) is 11.7 Å². The number of aromatic nitrogens is 3. The Morgan fingerprint density at radius 1 is 1.00 bits per heavy atom. The number of nitrogens with zero attached hydrogens (tertiary/aromatic N) is 3. The van der Waals surface area contributed by atoms with Crippen LogP contribution in [0.4, 0.5) is 4.79 Å². The van der Waals surface area contributed by atoms with Crippen LogP contribution in [0.5, 0.6) is 0 Å². The second-order valence-corrected chi connectivity index (χ2v) is 6.60. The quantitative estimate of drug-likeness (QED) is 0.529. The minimum absolute atomic E-state index is 0.138. The smallest absolute Gasteiger partial charge is 0.315 e. The first kappa shape index (κ1) is 18.5. The predicted octanol–water partition coefficient (Wildman–Crippen LogP) is 3.66. The molecule has 0 unspecified atom stereocenters.